The third-order valence-electron chi connectivity index (χ3n) is 6.18. The second-order valence-corrected chi connectivity index (χ2v) is 8.78. The summed E-state index contributed by atoms with van der Waals surface area (Å²) < 4.78 is 39.0. The summed E-state index contributed by atoms with van der Waals surface area (Å²) in [5.41, 5.74) is 1.81. The van der Waals surface area contributed by atoms with E-state index in [4.69, 9.17) is 9.47 Å². The Morgan fingerprint density at radius 2 is 1.75 bits per heavy atom. The van der Waals surface area contributed by atoms with Crippen LogP contribution in [0.25, 0.3) is 0 Å². The fraction of sp³-hybridized carbons (Fsp3) is 0.321. The van der Waals surface area contributed by atoms with Crippen molar-refractivity contribution in [3.05, 3.63) is 89.5 Å². The summed E-state index contributed by atoms with van der Waals surface area (Å²) in [5.74, 6) is -0.346. The number of urea groups is 1. The predicted octanol–water partition coefficient (Wildman–Crippen LogP) is 5.68. The number of methoxy groups -OCH3 is 1. The molecule has 3 aromatic rings. The minimum absolute atomic E-state index is 0.0609. The van der Waals surface area contributed by atoms with Crippen molar-refractivity contribution in [2.45, 2.75) is 26.0 Å². The molecular formula is C28H31F2N3O3. The molecule has 8 heteroatoms. The first-order valence-corrected chi connectivity index (χ1v) is 12.1. The third-order valence-corrected chi connectivity index (χ3v) is 6.18. The number of carbonyl (C=O) groups excluding carboxylic acids is 1. The van der Waals surface area contributed by atoms with Gasteiger partial charge in [0.15, 0.2) is 11.5 Å². The zero-order valence-electron chi connectivity index (χ0n) is 20.4. The van der Waals surface area contributed by atoms with E-state index in [1.165, 1.54) is 6.07 Å². The molecule has 3 aromatic carbocycles. The van der Waals surface area contributed by atoms with Crippen molar-refractivity contribution in [3.8, 4) is 11.5 Å². The van der Waals surface area contributed by atoms with E-state index in [0.29, 0.717) is 31.2 Å². The van der Waals surface area contributed by atoms with Crippen LogP contribution in [-0.4, -0.2) is 49.1 Å². The second-order valence-electron chi connectivity index (χ2n) is 8.78. The highest BCUT2D eigenvalue weighted by Gasteiger charge is 2.20. The molecule has 1 aliphatic rings. The molecule has 1 saturated heterocycles. The molecule has 0 aliphatic carbocycles. The van der Waals surface area contributed by atoms with Gasteiger partial charge in [0.05, 0.1) is 12.8 Å². The summed E-state index contributed by atoms with van der Waals surface area (Å²) in [6.07, 6.45) is 2.29. The number of benzene rings is 3. The van der Waals surface area contributed by atoms with Gasteiger partial charge in [0, 0.05) is 25.7 Å². The largest absolute Gasteiger partial charge is 0.493 e. The molecule has 1 heterocycles. The number of carbonyl (C=O) groups is 1. The molecule has 2 amide bonds. The van der Waals surface area contributed by atoms with Crippen LogP contribution in [0.5, 0.6) is 11.5 Å². The molecule has 0 bridgehead atoms. The highest BCUT2D eigenvalue weighted by atomic mass is 19.1. The number of anilines is 1. The summed E-state index contributed by atoms with van der Waals surface area (Å²) >= 11 is 0. The average molecular weight is 496 g/mol. The highest BCUT2D eigenvalue weighted by molar-refractivity contribution is 5.89. The van der Waals surface area contributed by atoms with Crippen LogP contribution in [0.2, 0.25) is 0 Å². The number of hydrogen-bond acceptors (Lipinski definition) is 4. The molecule has 1 fully saturated rings. The number of amides is 2. The monoisotopic (exact) mass is 495 g/mol. The van der Waals surface area contributed by atoms with E-state index in [-0.39, 0.29) is 12.2 Å². The van der Waals surface area contributed by atoms with Gasteiger partial charge in [0.2, 0.25) is 0 Å². The summed E-state index contributed by atoms with van der Waals surface area (Å²) in [6.45, 7) is 3.84. The van der Waals surface area contributed by atoms with Gasteiger partial charge in [-0.15, -0.1) is 0 Å². The molecule has 0 atom stereocenters. The lowest BCUT2D eigenvalue weighted by Crippen LogP contribution is -2.40. The number of hydrogen-bond donors (Lipinski definition) is 1. The SMILES string of the molecule is COc1ccc(CN(CCN2CCCC2)C(=O)Nc2ccc(F)cc2F)cc1OCc1ccccc1. The lowest BCUT2D eigenvalue weighted by Gasteiger charge is -2.26. The Kier molecular flexibility index (Phi) is 8.73. The smallest absolute Gasteiger partial charge is 0.322 e. The molecular weight excluding hydrogens is 464 g/mol. The molecule has 190 valence electrons. The van der Waals surface area contributed by atoms with Crippen molar-refractivity contribution < 1.29 is 23.0 Å². The summed E-state index contributed by atoms with van der Waals surface area (Å²) in [7, 11) is 1.58. The molecule has 1 aliphatic heterocycles. The van der Waals surface area contributed by atoms with Crippen LogP contribution >= 0.6 is 0 Å². The van der Waals surface area contributed by atoms with E-state index in [1.807, 2.05) is 48.5 Å². The average Bonchev–Trinajstić information content (AvgIpc) is 3.41. The van der Waals surface area contributed by atoms with Crippen LogP contribution < -0.4 is 14.8 Å². The van der Waals surface area contributed by atoms with E-state index >= 15 is 0 Å². The van der Waals surface area contributed by atoms with Crippen molar-refractivity contribution in [2.75, 3.05) is 38.6 Å². The van der Waals surface area contributed by atoms with Crippen LogP contribution in [0.3, 0.4) is 0 Å². The first-order valence-electron chi connectivity index (χ1n) is 12.1. The van der Waals surface area contributed by atoms with Gasteiger partial charge in [-0.05, 0) is 61.3 Å². The van der Waals surface area contributed by atoms with Gasteiger partial charge in [-0.2, -0.15) is 0 Å². The number of nitrogens with zero attached hydrogens (tertiary/aromatic N) is 2. The van der Waals surface area contributed by atoms with Crippen molar-refractivity contribution in [2.24, 2.45) is 0 Å². The van der Waals surface area contributed by atoms with Gasteiger partial charge in [-0.3, -0.25) is 0 Å². The normalized spacial score (nSPS) is 13.4. The molecule has 0 radical (unpaired) electrons. The van der Waals surface area contributed by atoms with Gasteiger partial charge < -0.3 is 24.6 Å². The maximum Gasteiger partial charge on any atom is 0.322 e. The van der Waals surface area contributed by atoms with Crippen molar-refractivity contribution in [1.82, 2.24) is 9.80 Å². The molecule has 0 spiro atoms. The zero-order chi connectivity index (χ0) is 25.3. The number of halogens is 2. The number of rotatable bonds is 10. The second kappa shape index (κ2) is 12.4. The Bertz CT molecular complexity index is 1150. The van der Waals surface area contributed by atoms with Gasteiger partial charge >= 0.3 is 6.03 Å². The fourth-order valence-corrected chi connectivity index (χ4v) is 4.19. The fourth-order valence-electron chi connectivity index (χ4n) is 4.19. The van der Waals surface area contributed by atoms with Crippen LogP contribution in [0.15, 0.2) is 66.7 Å². The van der Waals surface area contributed by atoms with E-state index in [1.54, 1.807) is 12.0 Å². The van der Waals surface area contributed by atoms with Gasteiger partial charge in [0.1, 0.15) is 18.2 Å². The van der Waals surface area contributed by atoms with Crippen LogP contribution in [0.4, 0.5) is 19.3 Å². The Hall–Kier alpha value is -3.65. The third kappa shape index (κ3) is 6.95. The molecule has 0 aromatic heterocycles. The van der Waals surface area contributed by atoms with E-state index in [2.05, 4.69) is 10.2 Å². The van der Waals surface area contributed by atoms with E-state index < -0.39 is 17.7 Å². The van der Waals surface area contributed by atoms with E-state index in [9.17, 15) is 13.6 Å². The van der Waals surface area contributed by atoms with Crippen molar-refractivity contribution in [3.63, 3.8) is 0 Å². The van der Waals surface area contributed by atoms with Crippen LogP contribution in [-0.2, 0) is 13.2 Å². The highest BCUT2D eigenvalue weighted by Crippen LogP contribution is 2.29. The van der Waals surface area contributed by atoms with Crippen LogP contribution in [0.1, 0.15) is 24.0 Å². The maximum atomic E-state index is 14.2. The van der Waals surface area contributed by atoms with Gasteiger partial charge in [-0.25, -0.2) is 13.6 Å². The lowest BCUT2D eigenvalue weighted by molar-refractivity contribution is 0.197. The molecule has 0 saturated carbocycles. The predicted molar refractivity (Wildman–Crippen MR) is 135 cm³/mol. The van der Waals surface area contributed by atoms with Crippen LogP contribution in [0, 0.1) is 11.6 Å². The minimum Gasteiger partial charge on any atom is -0.493 e. The van der Waals surface area contributed by atoms with E-state index in [0.717, 1.165) is 49.2 Å². The molecule has 1 N–H and O–H groups in total. The number of likely N-dealkylation sites (tertiary alicyclic amines) is 1. The Morgan fingerprint density at radius 3 is 2.47 bits per heavy atom. The zero-order valence-corrected chi connectivity index (χ0v) is 20.4. The number of ether oxygens (including phenoxy) is 2. The minimum atomic E-state index is -0.816. The summed E-state index contributed by atoms with van der Waals surface area (Å²) in [5, 5.41) is 2.59. The topological polar surface area (TPSA) is 54.0 Å². The summed E-state index contributed by atoms with van der Waals surface area (Å²) in [4.78, 5) is 17.1. The standard InChI is InChI=1S/C28H31F2N3O3/c1-35-26-12-9-22(17-27(26)36-20-21-7-3-2-4-8-21)19-33(16-15-32-13-5-6-14-32)28(34)31-25-11-10-23(29)18-24(25)30/h2-4,7-12,17-18H,5-6,13-16,19-20H2,1H3,(H,31,34). The first-order chi connectivity index (χ1) is 17.5. The molecule has 0 unspecified atom stereocenters. The maximum absolute atomic E-state index is 14.2. The lowest BCUT2D eigenvalue weighted by atomic mass is 10.2. The van der Waals surface area contributed by atoms with Gasteiger partial charge in [0.25, 0.3) is 0 Å². The van der Waals surface area contributed by atoms with Gasteiger partial charge in [-0.1, -0.05) is 36.4 Å². The Labute approximate surface area is 210 Å². The summed E-state index contributed by atoms with van der Waals surface area (Å²) in [6, 6.07) is 18.0. The van der Waals surface area contributed by atoms with Crippen molar-refractivity contribution >= 4 is 11.7 Å². The molecule has 36 heavy (non-hydrogen) atoms. The van der Waals surface area contributed by atoms with Crippen molar-refractivity contribution in [1.29, 1.82) is 0 Å². The quantitative estimate of drug-likeness (QED) is 0.393. The Balaban J connectivity index is 1.49. The first kappa shape index (κ1) is 25.4. The molecule has 4 rings (SSSR count). The number of nitrogens with one attached hydrogen (secondary N) is 1. The molecule has 6 nitrogen and oxygen atoms in total. The Morgan fingerprint density at radius 1 is 0.972 bits per heavy atom.